The molecule has 0 radical (unpaired) electrons. The SMILES string of the molecule is CC(C)CCCCCOC(CCSSCC(C)(C)C(N)=O)OCCCCCC(C)C. The van der Waals surface area contributed by atoms with E-state index in [4.69, 9.17) is 15.2 Å². The van der Waals surface area contributed by atoms with Crippen LogP contribution in [-0.2, 0) is 14.3 Å². The van der Waals surface area contributed by atoms with E-state index in [0.717, 1.165) is 55.8 Å². The third-order valence-corrected chi connectivity index (χ3v) is 7.83. The van der Waals surface area contributed by atoms with Crippen molar-refractivity contribution >= 4 is 27.5 Å². The normalized spacial score (nSPS) is 12.4. The van der Waals surface area contributed by atoms with Crippen LogP contribution in [0.2, 0.25) is 0 Å². The molecular formula is C24H49NO3S2. The van der Waals surface area contributed by atoms with Crippen molar-refractivity contribution < 1.29 is 14.3 Å². The van der Waals surface area contributed by atoms with Gasteiger partial charge in [-0.25, -0.2) is 0 Å². The standard InChI is InChI=1S/C24H49NO3S2/c1-20(2)13-9-7-11-16-27-22(28-17-12-8-10-14-21(3)4)15-18-29-30-19-24(5,6)23(25)26/h20-22H,7-19H2,1-6H3,(H2,25,26). The van der Waals surface area contributed by atoms with Gasteiger partial charge in [-0.3, -0.25) is 4.79 Å². The summed E-state index contributed by atoms with van der Waals surface area (Å²) < 4.78 is 12.1. The highest BCUT2D eigenvalue weighted by molar-refractivity contribution is 8.76. The number of nitrogens with two attached hydrogens (primary N) is 1. The van der Waals surface area contributed by atoms with Crippen molar-refractivity contribution in [2.75, 3.05) is 24.7 Å². The quantitative estimate of drug-likeness (QED) is 0.112. The number of hydrogen-bond acceptors (Lipinski definition) is 5. The van der Waals surface area contributed by atoms with Gasteiger partial charge in [-0.05, 0) is 24.7 Å². The smallest absolute Gasteiger partial charge is 0.223 e. The average molecular weight is 464 g/mol. The molecule has 6 heteroatoms. The molecule has 0 fully saturated rings. The fourth-order valence-corrected chi connectivity index (χ4v) is 5.47. The van der Waals surface area contributed by atoms with Crippen LogP contribution < -0.4 is 5.73 Å². The van der Waals surface area contributed by atoms with Crippen LogP contribution in [0.15, 0.2) is 0 Å². The van der Waals surface area contributed by atoms with Crippen LogP contribution in [0.25, 0.3) is 0 Å². The van der Waals surface area contributed by atoms with E-state index >= 15 is 0 Å². The molecule has 2 N–H and O–H groups in total. The van der Waals surface area contributed by atoms with Crippen LogP contribution in [0.5, 0.6) is 0 Å². The molecule has 0 unspecified atom stereocenters. The maximum Gasteiger partial charge on any atom is 0.223 e. The van der Waals surface area contributed by atoms with Gasteiger partial charge in [0.2, 0.25) is 5.91 Å². The molecule has 0 aliphatic heterocycles. The Bertz CT molecular complexity index is 397. The van der Waals surface area contributed by atoms with E-state index in [2.05, 4.69) is 27.7 Å². The van der Waals surface area contributed by atoms with E-state index in [-0.39, 0.29) is 12.2 Å². The highest BCUT2D eigenvalue weighted by Crippen LogP contribution is 2.30. The first kappa shape index (κ1) is 30.1. The maximum atomic E-state index is 11.4. The van der Waals surface area contributed by atoms with E-state index in [1.54, 1.807) is 21.6 Å². The number of hydrogen-bond donors (Lipinski definition) is 1. The number of unbranched alkanes of at least 4 members (excludes halogenated alkanes) is 4. The van der Waals surface area contributed by atoms with Crippen LogP contribution >= 0.6 is 21.6 Å². The molecule has 0 aromatic carbocycles. The first-order chi connectivity index (χ1) is 14.1. The lowest BCUT2D eigenvalue weighted by Gasteiger charge is -2.20. The summed E-state index contributed by atoms with van der Waals surface area (Å²) in [5.74, 6) is 3.00. The molecule has 0 bridgehead atoms. The molecule has 0 spiro atoms. The highest BCUT2D eigenvalue weighted by Gasteiger charge is 2.24. The fourth-order valence-electron chi connectivity index (χ4n) is 2.77. The summed E-state index contributed by atoms with van der Waals surface area (Å²) in [7, 11) is 3.49. The van der Waals surface area contributed by atoms with Gasteiger partial charge >= 0.3 is 0 Å². The van der Waals surface area contributed by atoms with Crippen LogP contribution in [-0.4, -0.2) is 36.9 Å². The monoisotopic (exact) mass is 463 g/mol. The lowest BCUT2D eigenvalue weighted by Crippen LogP contribution is -2.33. The first-order valence-corrected chi connectivity index (χ1v) is 14.4. The second kappa shape index (κ2) is 18.6. The van der Waals surface area contributed by atoms with Gasteiger partial charge in [0.15, 0.2) is 6.29 Å². The second-order valence-corrected chi connectivity index (χ2v) is 12.4. The molecule has 0 aromatic heterocycles. The molecule has 0 aromatic rings. The zero-order chi connectivity index (χ0) is 22.8. The number of amides is 1. The third-order valence-electron chi connectivity index (χ3n) is 5.07. The Morgan fingerprint density at radius 1 is 0.800 bits per heavy atom. The van der Waals surface area contributed by atoms with E-state index < -0.39 is 5.41 Å². The Kier molecular flexibility index (Phi) is 18.7. The number of ether oxygens (including phenoxy) is 2. The van der Waals surface area contributed by atoms with Crippen molar-refractivity contribution in [2.45, 2.75) is 106 Å². The highest BCUT2D eigenvalue weighted by atomic mass is 33.1. The topological polar surface area (TPSA) is 61.5 Å². The molecule has 1 amide bonds. The second-order valence-electron chi connectivity index (χ2n) is 9.78. The molecule has 0 saturated carbocycles. The van der Waals surface area contributed by atoms with Crippen LogP contribution in [0.1, 0.15) is 99.3 Å². The number of carbonyl (C=O) groups is 1. The fraction of sp³-hybridized carbons (Fsp3) is 0.958. The molecule has 4 nitrogen and oxygen atoms in total. The summed E-state index contributed by atoms with van der Waals surface area (Å²) >= 11 is 0. The predicted octanol–water partition coefficient (Wildman–Crippen LogP) is 7.06. The zero-order valence-corrected chi connectivity index (χ0v) is 22.2. The van der Waals surface area contributed by atoms with Crippen molar-refractivity contribution in [1.29, 1.82) is 0 Å². The molecule has 30 heavy (non-hydrogen) atoms. The molecule has 180 valence electrons. The minimum Gasteiger partial charge on any atom is -0.369 e. The number of rotatable bonds is 21. The van der Waals surface area contributed by atoms with Crippen LogP contribution in [0, 0.1) is 17.3 Å². The lowest BCUT2D eigenvalue weighted by molar-refractivity contribution is -0.144. The van der Waals surface area contributed by atoms with Gasteiger partial charge in [0, 0.05) is 31.1 Å². The van der Waals surface area contributed by atoms with E-state index in [0.29, 0.717) is 0 Å². The molecule has 0 heterocycles. The van der Waals surface area contributed by atoms with Crippen molar-refractivity contribution in [3.8, 4) is 0 Å². The van der Waals surface area contributed by atoms with Gasteiger partial charge in [0.25, 0.3) is 0 Å². The van der Waals surface area contributed by atoms with Gasteiger partial charge in [0.1, 0.15) is 0 Å². The Balaban J connectivity index is 4.08. The lowest BCUT2D eigenvalue weighted by atomic mass is 9.96. The molecule has 0 atom stereocenters. The van der Waals surface area contributed by atoms with E-state index in [9.17, 15) is 4.79 Å². The Morgan fingerprint density at radius 2 is 1.30 bits per heavy atom. The van der Waals surface area contributed by atoms with Gasteiger partial charge in [-0.2, -0.15) is 0 Å². The summed E-state index contributed by atoms with van der Waals surface area (Å²) in [4.78, 5) is 11.4. The van der Waals surface area contributed by atoms with Crippen LogP contribution in [0.3, 0.4) is 0 Å². The molecular weight excluding hydrogens is 414 g/mol. The summed E-state index contributed by atoms with van der Waals surface area (Å²) in [6.07, 6.45) is 10.6. The molecule has 0 aliphatic carbocycles. The van der Waals surface area contributed by atoms with E-state index in [1.165, 1.54) is 38.5 Å². The Hall–Kier alpha value is 0.0900. The van der Waals surface area contributed by atoms with Crippen molar-refractivity contribution in [3.05, 3.63) is 0 Å². The van der Waals surface area contributed by atoms with Crippen molar-refractivity contribution in [1.82, 2.24) is 0 Å². The zero-order valence-electron chi connectivity index (χ0n) is 20.5. The Morgan fingerprint density at radius 3 is 1.73 bits per heavy atom. The number of carbonyl (C=O) groups excluding carboxylic acids is 1. The van der Waals surface area contributed by atoms with Gasteiger partial charge in [-0.15, -0.1) is 0 Å². The van der Waals surface area contributed by atoms with E-state index in [1.807, 2.05) is 13.8 Å². The first-order valence-electron chi connectivity index (χ1n) is 11.9. The van der Waals surface area contributed by atoms with Gasteiger partial charge in [-0.1, -0.05) is 102 Å². The molecule has 0 aliphatic rings. The molecule has 0 rings (SSSR count). The Labute approximate surface area is 195 Å². The summed E-state index contributed by atoms with van der Waals surface area (Å²) in [6, 6.07) is 0. The minimum atomic E-state index is -0.462. The minimum absolute atomic E-state index is 0.113. The molecule has 0 saturated heterocycles. The summed E-state index contributed by atoms with van der Waals surface area (Å²) in [6.45, 7) is 14.5. The summed E-state index contributed by atoms with van der Waals surface area (Å²) in [5, 5.41) is 0. The summed E-state index contributed by atoms with van der Waals surface area (Å²) in [5.41, 5.74) is 4.98. The van der Waals surface area contributed by atoms with Crippen molar-refractivity contribution in [3.63, 3.8) is 0 Å². The predicted molar refractivity (Wildman–Crippen MR) is 135 cm³/mol. The van der Waals surface area contributed by atoms with Crippen molar-refractivity contribution in [2.24, 2.45) is 23.0 Å². The van der Waals surface area contributed by atoms with Gasteiger partial charge in [0.05, 0.1) is 5.41 Å². The van der Waals surface area contributed by atoms with Gasteiger partial charge < -0.3 is 15.2 Å². The number of primary amides is 1. The van der Waals surface area contributed by atoms with Crippen LogP contribution in [0.4, 0.5) is 0 Å². The largest absolute Gasteiger partial charge is 0.369 e. The average Bonchev–Trinajstić information content (AvgIpc) is 2.65. The maximum absolute atomic E-state index is 11.4. The third kappa shape index (κ3) is 18.8.